The van der Waals surface area contributed by atoms with Crippen molar-refractivity contribution in [1.29, 1.82) is 0 Å². The van der Waals surface area contributed by atoms with Gasteiger partial charge in [-0.05, 0) is 30.5 Å². The predicted octanol–water partition coefficient (Wildman–Crippen LogP) is 3.40. The van der Waals surface area contributed by atoms with Crippen molar-refractivity contribution in [1.82, 2.24) is 5.32 Å². The molecule has 0 unspecified atom stereocenters. The molecular weight excluding hydrogens is 294 g/mol. The number of furan rings is 1. The van der Waals surface area contributed by atoms with Gasteiger partial charge >= 0.3 is 0 Å². The number of carbonyl (C=O) groups excluding carboxylic acids is 1. The van der Waals surface area contributed by atoms with Gasteiger partial charge in [0.05, 0.1) is 18.6 Å². The van der Waals surface area contributed by atoms with Crippen LogP contribution in [0.1, 0.15) is 22.4 Å². The Morgan fingerprint density at radius 1 is 1.50 bits per heavy atom. The third kappa shape index (κ3) is 4.31. The summed E-state index contributed by atoms with van der Waals surface area (Å²) in [6.45, 7) is 3.11. The van der Waals surface area contributed by atoms with E-state index in [4.69, 9.17) is 9.15 Å². The molecule has 1 N–H and O–H groups in total. The third-order valence-corrected chi connectivity index (χ3v) is 4.37. The molecule has 1 amide bonds. The van der Waals surface area contributed by atoms with Crippen LogP contribution in [0.5, 0.6) is 5.75 Å². The molecule has 0 saturated heterocycles. The first-order valence-electron chi connectivity index (χ1n) is 6.40. The number of hydrogen-bond acceptors (Lipinski definition) is 5. The lowest BCUT2D eigenvalue weighted by Crippen LogP contribution is -2.25. The molecule has 6 heteroatoms. The zero-order valence-electron chi connectivity index (χ0n) is 11.3. The van der Waals surface area contributed by atoms with Gasteiger partial charge in [0.25, 0.3) is 5.91 Å². The molecule has 0 aliphatic heterocycles. The summed E-state index contributed by atoms with van der Waals surface area (Å²) in [6, 6.07) is 5.66. The van der Waals surface area contributed by atoms with Crippen LogP contribution in [0.2, 0.25) is 0 Å². The van der Waals surface area contributed by atoms with Gasteiger partial charge in [-0.25, -0.2) is 0 Å². The predicted molar refractivity (Wildman–Crippen MR) is 82.7 cm³/mol. The second-order valence-corrected chi connectivity index (χ2v) is 5.96. The van der Waals surface area contributed by atoms with Crippen molar-refractivity contribution in [3.8, 4) is 5.75 Å². The molecule has 2 aromatic rings. The SMILES string of the molecule is CCOc1ccsc1C(=O)NCCSCc1ccco1. The van der Waals surface area contributed by atoms with E-state index in [2.05, 4.69) is 5.32 Å². The Morgan fingerprint density at radius 2 is 2.40 bits per heavy atom. The third-order valence-electron chi connectivity index (χ3n) is 2.49. The van der Waals surface area contributed by atoms with Crippen LogP contribution in [-0.2, 0) is 5.75 Å². The van der Waals surface area contributed by atoms with Crippen molar-refractivity contribution in [3.63, 3.8) is 0 Å². The number of hydrogen-bond donors (Lipinski definition) is 1. The minimum atomic E-state index is -0.0675. The second-order valence-electron chi connectivity index (χ2n) is 3.93. The highest BCUT2D eigenvalue weighted by Gasteiger charge is 2.13. The summed E-state index contributed by atoms with van der Waals surface area (Å²) < 4.78 is 10.6. The molecule has 108 valence electrons. The first-order chi connectivity index (χ1) is 9.81. The van der Waals surface area contributed by atoms with Gasteiger partial charge in [0, 0.05) is 12.3 Å². The maximum Gasteiger partial charge on any atom is 0.265 e. The zero-order chi connectivity index (χ0) is 14.2. The van der Waals surface area contributed by atoms with Gasteiger partial charge in [-0.1, -0.05) is 0 Å². The Bertz CT molecular complexity index is 522. The summed E-state index contributed by atoms with van der Waals surface area (Å²) in [6.07, 6.45) is 1.67. The Balaban J connectivity index is 1.68. The van der Waals surface area contributed by atoms with Gasteiger partial charge in [-0.3, -0.25) is 4.79 Å². The van der Waals surface area contributed by atoms with Crippen LogP contribution in [0.3, 0.4) is 0 Å². The van der Waals surface area contributed by atoms with Crippen molar-refractivity contribution in [2.45, 2.75) is 12.7 Å². The average Bonchev–Trinajstić information content (AvgIpc) is 3.09. The molecule has 2 rings (SSSR count). The number of carbonyl (C=O) groups is 1. The van der Waals surface area contributed by atoms with Crippen LogP contribution in [0, 0.1) is 0 Å². The largest absolute Gasteiger partial charge is 0.492 e. The molecule has 0 bridgehead atoms. The number of ether oxygens (including phenoxy) is 1. The number of rotatable bonds is 8. The standard InChI is InChI=1S/C14H17NO3S2/c1-2-17-12-5-8-20-13(12)14(16)15-6-9-19-10-11-4-3-7-18-11/h3-5,7-8H,2,6,9-10H2,1H3,(H,15,16). The molecule has 20 heavy (non-hydrogen) atoms. The van der Waals surface area contributed by atoms with E-state index in [0.717, 1.165) is 17.3 Å². The number of amides is 1. The Morgan fingerprint density at radius 3 is 3.15 bits per heavy atom. The lowest BCUT2D eigenvalue weighted by molar-refractivity contribution is 0.0957. The Labute approximate surface area is 126 Å². The van der Waals surface area contributed by atoms with E-state index in [1.165, 1.54) is 11.3 Å². The molecule has 0 spiro atoms. The minimum absolute atomic E-state index is 0.0675. The van der Waals surface area contributed by atoms with E-state index < -0.39 is 0 Å². The normalized spacial score (nSPS) is 10.4. The fourth-order valence-corrected chi connectivity index (χ4v) is 3.12. The molecule has 0 saturated carbocycles. The van der Waals surface area contributed by atoms with Crippen LogP contribution in [-0.4, -0.2) is 24.8 Å². The van der Waals surface area contributed by atoms with Gasteiger partial charge in [-0.2, -0.15) is 11.8 Å². The summed E-state index contributed by atoms with van der Waals surface area (Å²) in [5, 5.41) is 4.77. The monoisotopic (exact) mass is 311 g/mol. The average molecular weight is 311 g/mol. The zero-order valence-corrected chi connectivity index (χ0v) is 12.9. The molecule has 0 aliphatic carbocycles. The van der Waals surface area contributed by atoms with Crippen molar-refractivity contribution >= 4 is 29.0 Å². The van der Waals surface area contributed by atoms with E-state index in [0.29, 0.717) is 23.8 Å². The van der Waals surface area contributed by atoms with Crippen molar-refractivity contribution in [2.24, 2.45) is 0 Å². The lowest BCUT2D eigenvalue weighted by Gasteiger charge is -2.06. The van der Waals surface area contributed by atoms with Crippen molar-refractivity contribution < 1.29 is 13.9 Å². The smallest absolute Gasteiger partial charge is 0.265 e. The summed E-state index contributed by atoms with van der Waals surface area (Å²) in [5.74, 6) is 3.23. The summed E-state index contributed by atoms with van der Waals surface area (Å²) in [4.78, 5) is 12.6. The second kappa shape index (κ2) is 8.01. The van der Waals surface area contributed by atoms with E-state index in [1.807, 2.05) is 30.5 Å². The molecule has 0 aromatic carbocycles. The molecule has 0 atom stereocenters. The summed E-state index contributed by atoms with van der Waals surface area (Å²) >= 11 is 3.13. The van der Waals surface area contributed by atoms with Crippen LogP contribution < -0.4 is 10.1 Å². The van der Waals surface area contributed by atoms with Gasteiger partial charge in [-0.15, -0.1) is 11.3 Å². The molecule has 2 aromatic heterocycles. The quantitative estimate of drug-likeness (QED) is 0.759. The van der Waals surface area contributed by atoms with E-state index >= 15 is 0 Å². The minimum Gasteiger partial charge on any atom is -0.492 e. The number of nitrogens with one attached hydrogen (secondary N) is 1. The fourth-order valence-electron chi connectivity index (χ4n) is 1.62. The molecule has 0 radical (unpaired) electrons. The lowest BCUT2D eigenvalue weighted by atomic mass is 10.4. The van der Waals surface area contributed by atoms with Crippen LogP contribution in [0.4, 0.5) is 0 Å². The molecule has 0 aliphatic rings. The van der Waals surface area contributed by atoms with E-state index in [1.54, 1.807) is 18.0 Å². The highest BCUT2D eigenvalue weighted by Crippen LogP contribution is 2.24. The maximum absolute atomic E-state index is 12.0. The molecular formula is C14H17NO3S2. The van der Waals surface area contributed by atoms with Crippen molar-refractivity contribution in [3.05, 3.63) is 40.5 Å². The molecule has 0 fully saturated rings. The van der Waals surface area contributed by atoms with E-state index in [9.17, 15) is 4.79 Å². The maximum atomic E-state index is 12.0. The number of thiophene rings is 1. The van der Waals surface area contributed by atoms with Crippen LogP contribution >= 0.6 is 23.1 Å². The fraction of sp³-hybridized carbons (Fsp3) is 0.357. The molecule has 4 nitrogen and oxygen atoms in total. The van der Waals surface area contributed by atoms with Gasteiger partial charge in [0.15, 0.2) is 0 Å². The van der Waals surface area contributed by atoms with Gasteiger partial charge < -0.3 is 14.5 Å². The Hall–Kier alpha value is -1.40. The van der Waals surface area contributed by atoms with Crippen LogP contribution in [0.25, 0.3) is 0 Å². The molecule has 2 heterocycles. The highest BCUT2D eigenvalue weighted by atomic mass is 32.2. The van der Waals surface area contributed by atoms with Crippen LogP contribution in [0.15, 0.2) is 34.3 Å². The first kappa shape index (κ1) is 15.0. The topological polar surface area (TPSA) is 51.5 Å². The summed E-state index contributed by atoms with van der Waals surface area (Å²) in [7, 11) is 0. The Kier molecular flexibility index (Phi) is 6.01. The van der Waals surface area contributed by atoms with Crippen molar-refractivity contribution in [2.75, 3.05) is 18.9 Å². The highest BCUT2D eigenvalue weighted by molar-refractivity contribution is 7.98. The van der Waals surface area contributed by atoms with E-state index in [-0.39, 0.29) is 5.91 Å². The first-order valence-corrected chi connectivity index (χ1v) is 8.43. The summed E-state index contributed by atoms with van der Waals surface area (Å²) in [5.41, 5.74) is 0. The van der Waals surface area contributed by atoms with Gasteiger partial charge in [0.2, 0.25) is 0 Å². The number of thioether (sulfide) groups is 1. The van der Waals surface area contributed by atoms with Gasteiger partial charge in [0.1, 0.15) is 16.4 Å².